The van der Waals surface area contributed by atoms with E-state index in [0.717, 1.165) is 25.1 Å². The van der Waals surface area contributed by atoms with Crippen LogP contribution in [0.4, 0.5) is 0 Å². The Kier molecular flexibility index (Phi) is 8.49. The topological polar surface area (TPSA) is 43.9 Å². The first kappa shape index (κ1) is 27.3. The number of carbonyl (C=O) groups excluding carboxylic acids is 2. The van der Waals surface area contributed by atoms with Crippen molar-refractivity contribution in [1.29, 1.82) is 0 Å². The molecule has 0 N–H and O–H groups in total. The van der Waals surface area contributed by atoms with Crippen LogP contribution in [0, 0.1) is 0 Å². The highest BCUT2D eigenvalue weighted by molar-refractivity contribution is 8.00. The van der Waals surface area contributed by atoms with Crippen molar-refractivity contribution in [2.24, 2.45) is 0 Å². The van der Waals surface area contributed by atoms with E-state index in [9.17, 15) is 9.59 Å². The molecule has 6 rings (SSSR count). The molecular weight excluding hydrogens is 526 g/mol. The lowest BCUT2D eigenvalue weighted by Crippen LogP contribution is -2.49. The Morgan fingerprint density at radius 1 is 0.732 bits per heavy atom. The molecule has 0 unspecified atom stereocenters. The number of piperazine rings is 1. The summed E-state index contributed by atoms with van der Waals surface area (Å²) in [6, 6.07) is 39.6. The van der Waals surface area contributed by atoms with Crippen LogP contribution < -0.4 is 0 Å². The zero-order chi connectivity index (χ0) is 28.0. The number of thioether (sulfide) groups is 1. The molecule has 2 aliphatic heterocycles. The van der Waals surface area contributed by atoms with Gasteiger partial charge in [-0.2, -0.15) is 0 Å². The van der Waals surface area contributed by atoms with Crippen LogP contribution in [-0.2, 0) is 11.2 Å². The van der Waals surface area contributed by atoms with Crippen LogP contribution in [-0.4, -0.2) is 65.0 Å². The van der Waals surface area contributed by atoms with Crippen molar-refractivity contribution >= 4 is 23.6 Å². The zero-order valence-electron chi connectivity index (χ0n) is 23.1. The molecular formula is C35H35N3O2S. The average molecular weight is 562 g/mol. The maximum absolute atomic E-state index is 13.5. The zero-order valence-corrected chi connectivity index (χ0v) is 24.0. The van der Waals surface area contributed by atoms with Crippen molar-refractivity contribution in [1.82, 2.24) is 14.7 Å². The second-order valence-electron chi connectivity index (χ2n) is 10.7. The Bertz CT molecular complexity index is 1400. The summed E-state index contributed by atoms with van der Waals surface area (Å²) in [6.45, 7) is 3.71. The van der Waals surface area contributed by atoms with Crippen LogP contribution in [0.5, 0.6) is 0 Å². The summed E-state index contributed by atoms with van der Waals surface area (Å²) in [6.07, 6.45) is 0.835. The van der Waals surface area contributed by atoms with Gasteiger partial charge in [0.15, 0.2) is 0 Å². The van der Waals surface area contributed by atoms with Crippen molar-refractivity contribution in [2.75, 3.05) is 38.5 Å². The molecule has 5 nitrogen and oxygen atoms in total. The molecule has 0 radical (unpaired) electrons. The molecule has 2 aliphatic rings. The summed E-state index contributed by atoms with van der Waals surface area (Å²) in [4.78, 5) is 32.5. The Morgan fingerprint density at radius 3 is 1.88 bits per heavy atom. The predicted molar refractivity (Wildman–Crippen MR) is 166 cm³/mol. The Hall–Kier alpha value is -3.87. The molecule has 0 aromatic heterocycles. The van der Waals surface area contributed by atoms with Gasteiger partial charge in [0.05, 0.1) is 11.8 Å². The van der Waals surface area contributed by atoms with Gasteiger partial charge in [0, 0.05) is 38.3 Å². The first-order valence-corrected chi connectivity index (χ1v) is 15.4. The largest absolute Gasteiger partial charge is 0.336 e. The number of hydrogen-bond acceptors (Lipinski definition) is 4. The minimum atomic E-state index is -0.00758. The van der Waals surface area contributed by atoms with E-state index < -0.39 is 0 Å². The lowest BCUT2D eigenvalue weighted by atomic mass is 9.96. The van der Waals surface area contributed by atoms with Gasteiger partial charge in [-0.3, -0.25) is 14.5 Å². The maximum atomic E-state index is 13.5. The molecule has 0 spiro atoms. The number of carbonyl (C=O) groups is 2. The standard InChI is InChI=1S/C35H35N3O2S/c39-32-26-41-35(38(32)21-20-27-10-4-1-5-11-27)31-18-16-30(17-19-31)34(40)37-24-22-36(23-25-37)33(28-12-6-2-7-13-28)29-14-8-3-9-15-29/h1-19,33,35H,20-26H2/t35-/m1/s1. The van der Waals surface area contributed by atoms with Gasteiger partial charge in [-0.1, -0.05) is 103 Å². The fourth-order valence-corrected chi connectivity index (χ4v) is 7.13. The molecule has 2 amide bonds. The number of rotatable bonds is 8. The van der Waals surface area contributed by atoms with Crippen LogP contribution in [0.15, 0.2) is 115 Å². The Balaban J connectivity index is 1.09. The highest BCUT2D eigenvalue weighted by Gasteiger charge is 2.33. The lowest BCUT2D eigenvalue weighted by Gasteiger charge is -2.39. The highest BCUT2D eigenvalue weighted by Crippen LogP contribution is 2.38. The maximum Gasteiger partial charge on any atom is 0.253 e. The molecule has 0 aliphatic carbocycles. The minimum Gasteiger partial charge on any atom is -0.336 e. The molecule has 208 valence electrons. The van der Waals surface area contributed by atoms with Crippen LogP contribution in [0.25, 0.3) is 0 Å². The first-order valence-electron chi connectivity index (χ1n) is 14.4. The Labute approximate surface area is 246 Å². The highest BCUT2D eigenvalue weighted by atomic mass is 32.2. The molecule has 2 fully saturated rings. The van der Waals surface area contributed by atoms with Gasteiger partial charge < -0.3 is 9.80 Å². The van der Waals surface area contributed by atoms with E-state index in [-0.39, 0.29) is 23.2 Å². The van der Waals surface area contributed by atoms with Gasteiger partial charge in [-0.05, 0) is 40.8 Å². The van der Waals surface area contributed by atoms with E-state index in [4.69, 9.17) is 0 Å². The summed E-state index contributed by atoms with van der Waals surface area (Å²) in [7, 11) is 0. The summed E-state index contributed by atoms with van der Waals surface area (Å²) in [5.41, 5.74) is 5.56. The second-order valence-corrected chi connectivity index (χ2v) is 11.7. The van der Waals surface area contributed by atoms with Crippen LogP contribution in [0.3, 0.4) is 0 Å². The third kappa shape index (κ3) is 6.24. The van der Waals surface area contributed by atoms with E-state index in [0.29, 0.717) is 31.0 Å². The SMILES string of the molecule is O=C(c1ccc([C@H]2SCC(=O)N2CCc2ccccc2)cc1)N1CCN(C(c2ccccc2)c2ccccc2)CC1. The fraction of sp³-hybridized carbons (Fsp3) is 0.257. The number of hydrogen-bond donors (Lipinski definition) is 0. The van der Waals surface area contributed by atoms with Crippen LogP contribution >= 0.6 is 11.8 Å². The molecule has 41 heavy (non-hydrogen) atoms. The van der Waals surface area contributed by atoms with Crippen molar-refractivity contribution in [3.63, 3.8) is 0 Å². The number of benzene rings is 4. The number of nitrogens with zero attached hydrogens (tertiary/aromatic N) is 3. The van der Waals surface area contributed by atoms with Crippen LogP contribution in [0.2, 0.25) is 0 Å². The summed E-state index contributed by atoms with van der Waals surface area (Å²) in [5.74, 6) is 0.749. The van der Waals surface area contributed by atoms with Crippen molar-refractivity contribution in [3.8, 4) is 0 Å². The third-order valence-electron chi connectivity index (χ3n) is 8.09. The van der Waals surface area contributed by atoms with E-state index in [2.05, 4.69) is 77.7 Å². The molecule has 4 aromatic carbocycles. The fourth-order valence-electron chi connectivity index (χ4n) is 5.91. The van der Waals surface area contributed by atoms with Gasteiger partial charge >= 0.3 is 0 Å². The third-order valence-corrected chi connectivity index (χ3v) is 9.35. The summed E-state index contributed by atoms with van der Waals surface area (Å²) >= 11 is 1.66. The molecule has 0 bridgehead atoms. The average Bonchev–Trinajstić information content (AvgIpc) is 3.41. The van der Waals surface area contributed by atoms with E-state index in [1.54, 1.807) is 11.8 Å². The quantitative estimate of drug-likeness (QED) is 0.263. The molecule has 2 heterocycles. The first-order chi connectivity index (χ1) is 20.2. The van der Waals surface area contributed by atoms with E-state index in [1.165, 1.54) is 16.7 Å². The van der Waals surface area contributed by atoms with Gasteiger partial charge in [0.2, 0.25) is 5.91 Å². The Morgan fingerprint density at radius 2 is 1.29 bits per heavy atom. The lowest BCUT2D eigenvalue weighted by molar-refractivity contribution is -0.128. The number of amides is 2. The molecule has 1 atom stereocenters. The monoisotopic (exact) mass is 561 g/mol. The van der Waals surface area contributed by atoms with Crippen molar-refractivity contribution in [3.05, 3.63) is 143 Å². The smallest absolute Gasteiger partial charge is 0.253 e. The second kappa shape index (κ2) is 12.8. The van der Waals surface area contributed by atoms with Gasteiger partial charge in [0.1, 0.15) is 5.37 Å². The van der Waals surface area contributed by atoms with E-state index >= 15 is 0 Å². The summed E-state index contributed by atoms with van der Waals surface area (Å²) in [5, 5.41) is -0.00758. The van der Waals surface area contributed by atoms with Crippen molar-refractivity contribution < 1.29 is 9.59 Å². The van der Waals surface area contributed by atoms with Crippen molar-refractivity contribution in [2.45, 2.75) is 17.8 Å². The minimum absolute atomic E-state index is 0.00758. The van der Waals surface area contributed by atoms with Gasteiger partial charge in [-0.25, -0.2) is 0 Å². The predicted octanol–water partition coefficient (Wildman–Crippen LogP) is 6.05. The molecule has 0 saturated carbocycles. The normalized spacial score (nSPS) is 17.8. The van der Waals surface area contributed by atoms with E-state index in [1.807, 2.05) is 52.3 Å². The van der Waals surface area contributed by atoms with Gasteiger partial charge in [0.25, 0.3) is 5.91 Å². The summed E-state index contributed by atoms with van der Waals surface area (Å²) < 4.78 is 0. The molecule has 6 heteroatoms. The van der Waals surface area contributed by atoms with Crippen LogP contribution in [0.1, 0.15) is 44.0 Å². The molecule has 4 aromatic rings. The van der Waals surface area contributed by atoms with Gasteiger partial charge in [-0.15, -0.1) is 11.8 Å². The molecule has 2 saturated heterocycles.